The van der Waals surface area contributed by atoms with Crippen molar-refractivity contribution in [2.45, 2.75) is 281 Å². The molecular formula is C55H101NO8. The van der Waals surface area contributed by atoms with E-state index < -0.39 is 49.5 Å². The average molecular weight is 904 g/mol. The monoisotopic (exact) mass is 904 g/mol. The van der Waals surface area contributed by atoms with Gasteiger partial charge in [-0.3, -0.25) is 4.79 Å². The maximum Gasteiger partial charge on any atom is 0.220 e. The van der Waals surface area contributed by atoms with Crippen molar-refractivity contribution in [3.63, 3.8) is 0 Å². The van der Waals surface area contributed by atoms with E-state index in [1.165, 1.54) is 167 Å². The molecule has 1 fully saturated rings. The molecule has 0 spiro atoms. The summed E-state index contributed by atoms with van der Waals surface area (Å²) in [7, 11) is 0. The molecule has 0 aliphatic carbocycles. The number of rotatable bonds is 45. The second-order valence-electron chi connectivity index (χ2n) is 18.7. The molecule has 1 aliphatic heterocycles. The fourth-order valence-corrected chi connectivity index (χ4v) is 8.34. The summed E-state index contributed by atoms with van der Waals surface area (Å²) >= 11 is 0. The summed E-state index contributed by atoms with van der Waals surface area (Å²) in [6, 6.07) is -0.803. The van der Waals surface area contributed by atoms with E-state index in [9.17, 15) is 30.3 Å². The Bertz CT molecular complexity index is 1140. The van der Waals surface area contributed by atoms with Gasteiger partial charge in [0.25, 0.3) is 0 Å². The minimum Gasteiger partial charge on any atom is -0.394 e. The van der Waals surface area contributed by atoms with Gasteiger partial charge in [-0.25, -0.2) is 0 Å². The Hall–Kier alpha value is -1.85. The van der Waals surface area contributed by atoms with E-state index in [2.05, 4.69) is 55.6 Å². The molecule has 1 amide bonds. The predicted octanol–water partition coefficient (Wildman–Crippen LogP) is 12.6. The second-order valence-corrected chi connectivity index (χ2v) is 18.7. The predicted molar refractivity (Wildman–Crippen MR) is 267 cm³/mol. The van der Waals surface area contributed by atoms with Crippen LogP contribution in [0, 0.1) is 0 Å². The highest BCUT2D eigenvalue weighted by atomic mass is 16.7. The lowest BCUT2D eigenvalue weighted by molar-refractivity contribution is -0.302. The average Bonchev–Trinajstić information content (AvgIpc) is 3.29. The van der Waals surface area contributed by atoms with Crippen molar-refractivity contribution < 1.29 is 39.8 Å². The number of ether oxygens (including phenoxy) is 2. The topological polar surface area (TPSA) is 149 Å². The van der Waals surface area contributed by atoms with E-state index in [0.29, 0.717) is 6.42 Å². The largest absolute Gasteiger partial charge is 0.394 e. The molecule has 1 saturated heterocycles. The Kier molecular flexibility index (Phi) is 42.3. The third-order valence-electron chi connectivity index (χ3n) is 12.6. The molecule has 0 saturated carbocycles. The van der Waals surface area contributed by atoms with Gasteiger partial charge in [0.2, 0.25) is 5.91 Å². The Labute approximate surface area is 393 Å². The Morgan fingerprint density at radius 3 is 1.36 bits per heavy atom. The van der Waals surface area contributed by atoms with Gasteiger partial charge < -0.3 is 40.3 Å². The van der Waals surface area contributed by atoms with Gasteiger partial charge in [0, 0.05) is 6.42 Å². The molecular weight excluding hydrogens is 803 g/mol. The van der Waals surface area contributed by atoms with Crippen LogP contribution >= 0.6 is 0 Å². The molecule has 6 N–H and O–H groups in total. The zero-order valence-corrected chi connectivity index (χ0v) is 41.3. The quantitative estimate of drug-likeness (QED) is 0.0261. The minimum absolute atomic E-state index is 0.178. The number of unbranched alkanes of at least 4 members (excludes halogenated alkanes) is 29. The zero-order valence-electron chi connectivity index (χ0n) is 41.3. The molecule has 0 aromatic carbocycles. The standard InChI is InChI=1S/C55H101NO8/c1-3-5-7-9-11-13-15-16-17-18-19-20-21-22-23-24-25-26-27-28-29-30-31-32-33-34-35-37-39-41-43-45-51(59)56-48(47-63-55-54(62)53(61)52(60)50(46-57)64-55)49(58)44-42-40-38-36-14-12-10-8-6-4-2/h15-16,18-19,21-22,42,44,48-50,52-55,57-58,60-62H,3-14,17,20,23-41,43,45-47H2,1-2H3,(H,56,59)/b16-15-,19-18-,22-21-,44-42+. The molecule has 0 aromatic rings. The molecule has 1 aliphatic rings. The van der Waals surface area contributed by atoms with Crippen LogP contribution in [0.15, 0.2) is 48.6 Å². The molecule has 7 atom stereocenters. The fraction of sp³-hybridized carbons (Fsp3) is 0.836. The van der Waals surface area contributed by atoms with Gasteiger partial charge in [0.1, 0.15) is 24.4 Å². The second kappa shape index (κ2) is 45.0. The fourth-order valence-electron chi connectivity index (χ4n) is 8.34. The van der Waals surface area contributed by atoms with Gasteiger partial charge in [0.15, 0.2) is 6.29 Å². The lowest BCUT2D eigenvalue weighted by Crippen LogP contribution is -2.60. The van der Waals surface area contributed by atoms with E-state index >= 15 is 0 Å². The molecule has 1 heterocycles. The van der Waals surface area contributed by atoms with Crippen molar-refractivity contribution in [2.75, 3.05) is 13.2 Å². The molecule has 7 unspecified atom stereocenters. The summed E-state index contributed by atoms with van der Waals surface area (Å²) in [5.74, 6) is -0.178. The van der Waals surface area contributed by atoms with Gasteiger partial charge in [-0.1, -0.05) is 223 Å². The van der Waals surface area contributed by atoms with Crippen LogP contribution in [0.25, 0.3) is 0 Å². The van der Waals surface area contributed by atoms with E-state index in [4.69, 9.17) is 9.47 Å². The zero-order chi connectivity index (χ0) is 46.6. The number of hydrogen-bond donors (Lipinski definition) is 6. The van der Waals surface area contributed by atoms with E-state index in [-0.39, 0.29) is 12.5 Å². The Morgan fingerprint density at radius 2 is 0.922 bits per heavy atom. The smallest absolute Gasteiger partial charge is 0.220 e. The maximum absolute atomic E-state index is 13.0. The van der Waals surface area contributed by atoms with Crippen LogP contribution in [0.1, 0.15) is 239 Å². The maximum atomic E-state index is 13.0. The Morgan fingerprint density at radius 1 is 0.531 bits per heavy atom. The van der Waals surface area contributed by atoms with Crippen molar-refractivity contribution in [3.8, 4) is 0 Å². The summed E-state index contributed by atoms with van der Waals surface area (Å²) in [5.41, 5.74) is 0. The number of nitrogens with one attached hydrogen (secondary N) is 1. The number of amides is 1. The highest BCUT2D eigenvalue weighted by molar-refractivity contribution is 5.76. The van der Waals surface area contributed by atoms with Gasteiger partial charge in [-0.2, -0.15) is 0 Å². The summed E-state index contributed by atoms with van der Waals surface area (Å²) in [4.78, 5) is 13.0. The molecule has 0 bridgehead atoms. The van der Waals surface area contributed by atoms with Crippen LogP contribution in [-0.2, 0) is 14.3 Å². The number of carbonyl (C=O) groups excluding carboxylic acids is 1. The van der Waals surface area contributed by atoms with E-state index in [0.717, 1.165) is 51.4 Å². The van der Waals surface area contributed by atoms with Gasteiger partial charge in [-0.05, 0) is 57.8 Å². The number of aliphatic hydroxyl groups excluding tert-OH is 5. The van der Waals surface area contributed by atoms with Crippen LogP contribution in [0.3, 0.4) is 0 Å². The Balaban J connectivity index is 2.12. The highest BCUT2D eigenvalue weighted by Crippen LogP contribution is 2.23. The lowest BCUT2D eigenvalue weighted by Gasteiger charge is -2.40. The molecule has 64 heavy (non-hydrogen) atoms. The summed E-state index contributed by atoms with van der Waals surface area (Å²) < 4.78 is 11.2. The van der Waals surface area contributed by atoms with Crippen LogP contribution in [0.4, 0.5) is 0 Å². The molecule has 9 heteroatoms. The minimum atomic E-state index is -1.57. The van der Waals surface area contributed by atoms with Crippen molar-refractivity contribution in [1.29, 1.82) is 0 Å². The van der Waals surface area contributed by atoms with Crippen LogP contribution in [0.5, 0.6) is 0 Å². The molecule has 1 rings (SSSR count). The SMILES string of the molecule is CCCCCCC/C=C\C/C=C\C/C=C\CCCCCCCCCCCCCCCCCCC(=O)NC(COC1OC(CO)C(O)C(O)C1O)C(O)/C=C/CCCCCCCCCC. The van der Waals surface area contributed by atoms with Crippen molar-refractivity contribution in [3.05, 3.63) is 48.6 Å². The molecule has 0 radical (unpaired) electrons. The van der Waals surface area contributed by atoms with E-state index in [1.54, 1.807) is 6.08 Å². The first-order valence-electron chi connectivity index (χ1n) is 26.9. The lowest BCUT2D eigenvalue weighted by atomic mass is 9.99. The third-order valence-corrected chi connectivity index (χ3v) is 12.6. The van der Waals surface area contributed by atoms with Crippen molar-refractivity contribution >= 4 is 5.91 Å². The first-order valence-corrected chi connectivity index (χ1v) is 26.9. The van der Waals surface area contributed by atoms with Gasteiger partial charge in [0.05, 0.1) is 25.4 Å². The summed E-state index contributed by atoms with van der Waals surface area (Å²) in [6.45, 7) is 3.74. The molecule has 0 aromatic heterocycles. The van der Waals surface area contributed by atoms with Gasteiger partial charge in [-0.15, -0.1) is 0 Å². The molecule has 9 nitrogen and oxygen atoms in total. The molecule has 374 valence electrons. The van der Waals surface area contributed by atoms with Crippen LogP contribution in [0.2, 0.25) is 0 Å². The number of carbonyl (C=O) groups is 1. The van der Waals surface area contributed by atoms with E-state index in [1.807, 2.05) is 6.08 Å². The normalized spacial score (nSPS) is 20.4. The number of allylic oxidation sites excluding steroid dienone is 7. The summed E-state index contributed by atoms with van der Waals surface area (Å²) in [5, 5.41) is 54.2. The highest BCUT2D eigenvalue weighted by Gasteiger charge is 2.44. The first-order chi connectivity index (χ1) is 31.3. The van der Waals surface area contributed by atoms with Crippen molar-refractivity contribution in [2.24, 2.45) is 0 Å². The summed E-state index contributed by atoms with van der Waals surface area (Å²) in [6.07, 6.45) is 51.9. The number of aliphatic hydroxyl groups is 5. The third kappa shape index (κ3) is 34.5. The number of hydrogen-bond acceptors (Lipinski definition) is 8. The van der Waals surface area contributed by atoms with Crippen molar-refractivity contribution in [1.82, 2.24) is 5.32 Å². The van der Waals surface area contributed by atoms with Crippen LogP contribution < -0.4 is 5.32 Å². The van der Waals surface area contributed by atoms with Crippen LogP contribution in [-0.4, -0.2) is 87.5 Å². The van der Waals surface area contributed by atoms with Gasteiger partial charge >= 0.3 is 0 Å². The first kappa shape index (κ1) is 60.2.